The Hall–Kier alpha value is -1.36. The molecule has 0 aromatic carbocycles. The third-order valence-corrected chi connectivity index (χ3v) is 2.84. The Bertz CT molecular complexity index is 357. The van der Waals surface area contributed by atoms with Crippen molar-refractivity contribution in [2.24, 2.45) is 5.73 Å². The van der Waals surface area contributed by atoms with E-state index in [4.69, 9.17) is 5.73 Å². The van der Waals surface area contributed by atoms with Gasteiger partial charge in [-0.25, -0.2) is 0 Å². The van der Waals surface area contributed by atoms with Gasteiger partial charge in [-0.1, -0.05) is 0 Å². The molecule has 1 aromatic rings. The van der Waals surface area contributed by atoms with Crippen molar-refractivity contribution in [1.29, 1.82) is 0 Å². The van der Waals surface area contributed by atoms with Crippen LogP contribution in [0.15, 0.2) is 12.3 Å². The van der Waals surface area contributed by atoms with Crippen LogP contribution in [0.1, 0.15) is 12.8 Å². The van der Waals surface area contributed by atoms with Gasteiger partial charge in [0.25, 0.3) is 0 Å². The summed E-state index contributed by atoms with van der Waals surface area (Å²) in [7, 11) is 0. The van der Waals surface area contributed by atoms with E-state index in [1.807, 2.05) is 0 Å². The summed E-state index contributed by atoms with van der Waals surface area (Å²) in [6.45, 7) is 1.85. The molecule has 2 aliphatic rings. The van der Waals surface area contributed by atoms with Crippen LogP contribution in [0.2, 0.25) is 0 Å². The molecular weight excluding hydrogens is 190 g/mol. The summed E-state index contributed by atoms with van der Waals surface area (Å²) in [4.78, 5) is 2.22. The molecule has 1 saturated heterocycles. The lowest BCUT2D eigenvalue weighted by Crippen LogP contribution is -2.55. The molecule has 3 rings (SSSR count). The number of rotatable bonds is 3. The number of hydrogen-bond acceptors (Lipinski definition) is 5. The molecule has 0 unspecified atom stereocenters. The van der Waals surface area contributed by atoms with Crippen LogP contribution in [-0.4, -0.2) is 35.4 Å². The van der Waals surface area contributed by atoms with Crippen LogP contribution in [0.3, 0.4) is 0 Å². The van der Waals surface area contributed by atoms with Crippen molar-refractivity contribution in [3.05, 3.63) is 12.3 Å². The third kappa shape index (κ3) is 1.87. The SMILES string of the molecule is NC1CN(c2cnnc(NC3CC3)c2)C1. The van der Waals surface area contributed by atoms with E-state index in [9.17, 15) is 0 Å². The van der Waals surface area contributed by atoms with Gasteiger partial charge in [-0.15, -0.1) is 5.10 Å². The molecule has 2 fully saturated rings. The van der Waals surface area contributed by atoms with Crippen molar-refractivity contribution in [3.63, 3.8) is 0 Å². The Balaban J connectivity index is 1.71. The van der Waals surface area contributed by atoms with E-state index < -0.39 is 0 Å². The highest BCUT2D eigenvalue weighted by molar-refractivity contribution is 5.54. The zero-order valence-electron chi connectivity index (χ0n) is 8.56. The van der Waals surface area contributed by atoms with Crippen LogP contribution in [-0.2, 0) is 0 Å². The van der Waals surface area contributed by atoms with Crippen LogP contribution >= 0.6 is 0 Å². The number of anilines is 2. The van der Waals surface area contributed by atoms with Gasteiger partial charge in [-0.2, -0.15) is 5.10 Å². The summed E-state index contributed by atoms with van der Waals surface area (Å²) in [5.41, 5.74) is 6.86. The van der Waals surface area contributed by atoms with Crippen molar-refractivity contribution in [1.82, 2.24) is 10.2 Å². The monoisotopic (exact) mass is 205 g/mol. The van der Waals surface area contributed by atoms with Crippen molar-refractivity contribution < 1.29 is 0 Å². The number of hydrogen-bond donors (Lipinski definition) is 2. The van der Waals surface area contributed by atoms with Gasteiger partial charge in [0, 0.05) is 31.2 Å². The van der Waals surface area contributed by atoms with Crippen molar-refractivity contribution in [3.8, 4) is 0 Å². The maximum Gasteiger partial charge on any atom is 0.150 e. The molecule has 1 aliphatic carbocycles. The Labute approximate surface area is 88.7 Å². The van der Waals surface area contributed by atoms with Crippen LogP contribution in [0.25, 0.3) is 0 Å². The number of aromatic nitrogens is 2. The number of nitrogens with one attached hydrogen (secondary N) is 1. The van der Waals surface area contributed by atoms with E-state index in [2.05, 4.69) is 26.5 Å². The lowest BCUT2D eigenvalue weighted by molar-refractivity contribution is 0.518. The predicted octanol–water partition coefficient (Wildman–Crippen LogP) is 0.198. The summed E-state index contributed by atoms with van der Waals surface area (Å²) in [6, 6.07) is 2.99. The molecule has 80 valence electrons. The number of nitrogens with zero attached hydrogens (tertiary/aromatic N) is 3. The third-order valence-electron chi connectivity index (χ3n) is 2.84. The van der Waals surface area contributed by atoms with E-state index in [0.717, 1.165) is 24.6 Å². The lowest BCUT2D eigenvalue weighted by atomic mass is 10.1. The van der Waals surface area contributed by atoms with Crippen molar-refractivity contribution >= 4 is 11.5 Å². The molecule has 0 spiro atoms. The van der Waals surface area contributed by atoms with Crippen molar-refractivity contribution in [2.45, 2.75) is 24.9 Å². The van der Waals surface area contributed by atoms with E-state index >= 15 is 0 Å². The molecule has 5 heteroatoms. The first-order valence-corrected chi connectivity index (χ1v) is 5.41. The Morgan fingerprint density at radius 3 is 2.87 bits per heavy atom. The van der Waals surface area contributed by atoms with Crippen LogP contribution in [0.5, 0.6) is 0 Å². The first-order valence-electron chi connectivity index (χ1n) is 5.41. The Morgan fingerprint density at radius 1 is 1.40 bits per heavy atom. The van der Waals surface area contributed by atoms with Gasteiger partial charge in [-0.05, 0) is 12.8 Å². The second-order valence-corrected chi connectivity index (χ2v) is 4.38. The Kier molecular flexibility index (Phi) is 1.98. The molecule has 15 heavy (non-hydrogen) atoms. The van der Waals surface area contributed by atoms with E-state index in [1.165, 1.54) is 12.8 Å². The first kappa shape index (κ1) is 8.91. The largest absolute Gasteiger partial charge is 0.367 e. The zero-order valence-corrected chi connectivity index (χ0v) is 8.56. The number of nitrogens with two attached hydrogens (primary N) is 1. The fraction of sp³-hybridized carbons (Fsp3) is 0.600. The standard InChI is InChI=1S/C10H15N5/c11-7-5-15(6-7)9-3-10(14-12-4-9)13-8-1-2-8/h3-4,7-8H,1-2,5-6,11H2,(H,13,14). The molecule has 0 bridgehead atoms. The minimum Gasteiger partial charge on any atom is -0.367 e. The molecule has 0 amide bonds. The summed E-state index contributed by atoms with van der Waals surface area (Å²) in [6.07, 6.45) is 4.30. The van der Waals surface area contributed by atoms with Gasteiger partial charge >= 0.3 is 0 Å². The van der Waals surface area contributed by atoms with Crippen LogP contribution in [0, 0.1) is 0 Å². The summed E-state index contributed by atoms with van der Waals surface area (Å²) < 4.78 is 0. The second-order valence-electron chi connectivity index (χ2n) is 4.38. The van der Waals surface area contributed by atoms with Gasteiger partial charge in [0.15, 0.2) is 5.82 Å². The van der Waals surface area contributed by atoms with Gasteiger partial charge < -0.3 is 16.0 Å². The fourth-order valence-electron chi connectivity index (χ4n) is 1.76. The summed E-state index contributed by atoms with van der Waals surface area (Å²) in [5, 5.41) is 11.4. The Morgan fingerprint density at radius 2 is 2.20 bits per heavy atom. The highest BCUT2D eigenvalue weighted by Gasteiger charge is 2.25. The maximum absolute atomic E-state index is 5.74. The molecule has 0 atom stereocenters. The summed E-state index contributed by atoms with van der Waals surface area (Å²) >= 11 is 0. The van der Waals surface area contributed by atoms with Crippen LogP contribution in [0.4, 0.5) is 11.5 Å². The van der Waals surface area contributed by atoms with Gasteiger partial charge in [0.2, 0.25) is 0 Å². The van der Waals surface area contributed by atoms with Crippen LogP contribution < -0.4 is 16.0 Å². The minimum atomic E-state index is 0.318. The van der Waals surface area contributed by atoms with E-state index in [1.54, 1.807) is 6.20 Å². The average molecular weight is 205 g/mol. The van der Waals surface area contributed by atoms with E-state index in [-0.39, 0.29) is 0 Å². The smallest absolute Gasteiger partial charge is 0.150 e. The quantitative estimate of drug-likeness (QED) is 0.737. The molecule has 0 radical (unpaired) electrons. The molecule has 5 nitrogen and oxygen atoms in total. The van der Waals surface area contributed by atoms with Gasteiger partial charge in [-0.3, -0.25) is 0 Å². The lowest BCUT2D eigenvalue weighted by Gasteiger charge is -2.38. The minimum absolute atomic E-state index is 0.318. The molecule has 1 saturated carbocycles. The average Bonchev–Trinajstić information content (AvgIpc) is 2.97. The molecule has 1 aromatic heterocycles. The predicted molar refractivity (Wildman–Crippen MR) is 58.9 cm³/mol. The fourth-order valence-corrected chi connectivity index (χ4v) is 1.76. The highest BCUT2D eigenvalue weighted by Crippen LogP contribution is 2.26. The second kappa shape index (κ2) is 3.34. The van der Waals surface area contributed by atoms with E-state index in [0.29, 0.717) is 12.1 Å². The van der Waals surface area contributed by atoms with Gasteiger partial charge in [0.1, 0.15) is 0 Å². The zero-order chi connectivity index (χ0) is 10.3. The maximum atomic E-state index is 5.74. The van der Waals surface area contributed by atoms with Crippen molar-refractivity contribution in [2.75, 3.05) is 23.3 Å². The highest BCUT2D eigenvalue weighted by atomic mass is 15.3. The molecule has 2 heterocycles. The van der Waals surface area contributed by atoms with Gasteiger partial charge in [0.05, 0.1) is 11.9 Å². The molecule has 3 N–H and O–H groups in total. The molecular formula is C10H15N5. The summed E-state index contributed by atoms with van der Waals surface area (Å²) in [5.74, 6) is 0.885. The first-order chi connectivity index (χ1) is 7.31. The normalized spacial score (nSPS) is 21.3. The topological polar surface area (TPSA) is 67.1 Å². The molecule has 1 aliphatic heterocycles.